The van der Waals surface area contributed by atoms with Crippen LogP contribution < -0.4 is 10.2 Å². The van der Waals surface area contributed by atoms with Crippen molar-refractivity contribution in [1.29, 1.82) is 0 Å². The summed E-state index contributed by atoms with van der Waals surface area (Å²) in [6.07, 6.45) is 2.67. The van der Waals surface area contributed by atoms with Crippen molar-refractivity contribution in [3.63, 3.8) is 0 Å². The van der Waals surface area contributed by atoms with Crippen LogP contribution in [0.5, 0.6) is 0 Å². The Morgan fingerprint density at radius 3 is 2.41 bits per heavy atom. The minimum Gasteiger partial charge on any atom is -0.351 e. The number of nitrogens with one attached hydrogen (secondary N) is 1. The molecular formula is C16H18ClN3O2. The molecule has 116 valence electrons. The van der Waals surface area contributed by atoms with Gasteiger partial charge in [0.15, 0.2) is 0 Å². The molecule has 1 heterocycles. The van der Waals surface area contributed by atoms with Gasteiger partial charge in [0, 0.05) is 36.3 Å². The van der Waals surface area contributed by atoms with Crippen LogP contribution in [0.2, 0.25) is 5.02 Å². The average molecular weight is 320 g/mol. The number of amides is 3. The first kappa shape index (κ1) is 13.9. The normalized spacial score (nSPS) is 32.5. The Balaban J connectivity index is 1.46. The van der Waals surface area contributed by atoms with Gasteiger partial charge in [-0.25, -0.2) is 4.79 Å². The lowest BCUT2D eigenvalue weighted by atomic mass is 9.43. The molecule has 22 heavy (non-hydrogen) atoms. The first-order valence-electron chi connectivity index (χ1n) is 7.57. The molecule has 1 aromatic rings. The van der Waals surface area contributed by atoms with Crippen LogP contribution in [0.4, 0.5) is 10.5 Å². The van der Waals surface area contributed by atoms with Gasteiger partial charge in [-0.1, -0.05) is 11.6 Å². The number of carbonyl (C=O) groups is 2. The van der Waals surface area contributed by atoms with Crippen LogP contribution >= 0.6 is 11.6 Å². The van der Waals surface area contributed by atoms with Gasteiger partial charge >= 0.3 is 6.03 Å². The van der Waals surface area contributed by atoms with Crippen molar-refractivity contribution in [2.24, 2.45) is 0 Å². The predicted octanol–water partition coefficient (Wildman–Crippen LogP) is 2.39. The third-order valence-electron chi connectivity index (χ3n) is 5.16. The third-order valence-corrected chi connectivity index (χ3v) is 5.42. The quantitative estimate of drug-likeness (QED) is 0.930. The van der Waals surface area contributed by atoms with E-state index in [0.717, 1.165) is 31.5 Å². The minimum atomic E-state index is -0.0419. The van der Waals surface area contributed by atoms with Gasteiger partial charge in [0.25, 0.3) is 0 Å². The van der Waals surface area contributed by atoms with Gasteiger partial charge < -0.3 is 10.2 Å². The molecule has 4 fully saturated rings. The molecule has 1 aliphatic heterocycles. The van der Waals surface area contributed by atoms with E-state index >= 15 is 0 Å². The van der Waals surface area contributed by atoms with Gasteiger partial charge in [0.05, 0.1) is 5.54 Å². The van der Waals surface area contributed by atoms with Gasteiger partial charge in [-0.2, -0.15) is 0 Å². The number of benzene rings is 1. The Hall–Kier alpha value is -1.75. The van der Waals surface area contributed by atoms with Gasteiger partial charge in [-0.15, -0.1) is 0 Å². The molecule has 5 rings (SSSR count). The first-order valence-corrected chi connectivity index (χ1v) is 7.94. The topological polar surface area (TPSA) is 52.7 Å². The van der Waals surface area contributed by atoms with Crippen molar-refractivity contribution in [2.45, 2.75) is 37.3 Å². The Labute approximate surface area is 134 Å². The molecule has 3 amide bonds. The maximum absolute atomic E-state index is 12.7. The fourth-order valence-corrected chi connectivity index (χ4v) is 4.49. The van der Waals surface area contributed by atoms with E-state index in [2.05, 4.69) is 5.32 Å². The van der Waals surface area contributed by atoms with Gasteiger partial charge in [0.1, 0.15) is 0 Å². The standard InChI is InChI=1S/C16H18ClN3O2/c1-11(21)18-15-8-16(9-15,10-15)20-7-6-19(14(20)22)13-4-2-12(17)3-5-13/h2-5H,6-10H2,1H3,(H,18,21). The summed E-state index contributed by atoms with van der Waals surface area (Å²) in [5, 5.41) is 3.70. The molecule has 2 bridgehead atoms. The van der Waals surface area contributed by atoms with Gasteiger partial charge in [-0.3, -0.25) is 9.69 Å². The molecule has 5 nitrogen and oxygen atoms in total. The van der Waals surface area contributed by atoms with Crippen molar-refractivity contribution >= 4 is 29.2 Å². The maximum atomic E-state index is 12.7. The van der Waals surface area contributed by atoms with Gasteiger partial charge in [0.2, 0.25) is 5.91 Å². The van der Waals surface area contributed by atoms with E-state index in [4.69, 9.17) is 11.6 Å². The highest BCUT2D eigenvalue weighted by Gasteiger charge is 2.72. The lowest BCUT2D eigenvalue weighted by Gasteiger charge is -2.72. The number of rotatable bonds is 3. The Bertz CT molecular complexity index is 638. The number of urea groups is 1. The zero-order valence-corrected chi connectivity index (χ0v) is 13.2. The summed E-state index contributed by atoms with van der Waals surface area (Å²) in [6, 6.07) is 7.44. The largest absolute Gasteiger partial charge is 0.351 e. The smallest absolute Gasteiger partial charge is 0.325 e. The number of carbonyl (C=O) groups excluding carboxylic acids is 2. The van der Waals surface area contributed by atoms with Crippen molar-refractivity contribution in [3.8, 4) is 0 Å². The molecule has 0 radical (unpaired) electrons. The van der Waals surface area contributed by atoms with Crippen LogP contribution in [0.15, 0.2) is 24.3 Å². The number of nitrogens with zero attached hydrogens (tertiary/aromatic N) is 2. The molecular weight excluding hydrogens is 302 g/mol. The Morgan fingerprint density at radius 2 is 1.82 bits per heavy atom. The lowest BCUT2D eigenvalue weighted by Crippen LogP contribution is -2.83. The van der Waals surface area contributed by atoms with E-state index in [1.807, 2.05) is 21.9 Å². The van der Waals surface area contributed by atoms with Crippen molar-refractivity contribution in [2.75, 3.05) is 18.0 Å². The van der Waals surface area contributed by atoms with Crippen molar-refractivity contribution in [1.82, 2.24) is 10.2 Å². The molecule has 0 aromatic heterocycles. The highest BCUT2D eigenvalue weighted by molar-refractivity contribution is 6.30. The van der Waals surface area contributed by atoms with E-state index in [1.165, 1.54) is 0 Å². The molecule has 1 aromatic carbocycles. The number of hydrogen-bond acceptors (Lipinski definition) is 2. The molecule has 6 heteroatoms. The summed E-state index contributed by atoms with van der Waals surface area (Å²) in [5.41, 5.74) is 0.820. The van der Waals surface area contributed by atoms with Crippen LogP contribution in [-0.4, -0.2) is 41.0 Å². The van der Waals surface area contributed by atoms with Crippen LogP contribution in [0.1, 0.15) is 26.2 Å². The molecule has 3 aliphatic carbocycles. The highest BCUT2D eigenvalue weighted by Crippen LogP contribution is 2.64. The van der Waals surface area contributed by atoms with Crippen LogP contribution in [-0.2, 0) is 4.79 Å². The van der Waals surface area contributed by atoms with Crippen LogP contribution in [0.25, 0.3) is 0 Å². The fraction of sp³-hybridized carbons (Fsp3) is 0.500. The molecule has 0 unspecified atom stereocenters. The average Bonchev–Trinajstić information content (AvgIpc) is 2.75. The summed E-state index contributed by atoms with van der Waals surface area (Å²) in [7, 11) is 0. The number of anilines is 1. The van der Waals surface area contributed by atoms with E-state index in [9.17, 15) is 9.59 Å². The number of hydrogen-bond donors (Lipinski definition) is 1. The van der Waals surface area contributed by atoms with Crippen molar-refractivity contribution < 1.29 is 9.59 Å². The Kier molecular flexibility index (Phi) is 2.77. The molecule has 4 aliphatic rings. The van der Waals surface area contributed by atoms with E-state index < -0.39 is 0 Å². The van der Waals surface area contributed by atoms with Crippen LogP contribution in [0.3, 0.4) is 0 Å². The SMILES string of the molecule is CC(=O)NC12CC(N3CCN(c4ccc(Cl)cc4)C3=O)(C1)C2. The molecule has 3 saturated carbocycles. The zero-order valence-electron chi connectivity index (χ0n) is 12.4. The molecule has 1 saturated heterocycles. The number of halogens is 1. The maximum Gasteiger partial charge on any atom is 0.325 e. The molecule has 0 spiro atoms. The van der Waals surface area contributed by atoms with Crippen LogP contribution in [0, 0.1) is 0 Å². The summed E-state index contributed by atoms with van der Waals surface area (Å²) >= 11 is 5.90. The second-order valence-electron chi connectivity index (χ2n) is 6.78. The predicted molar refractivity (Wildman–Crippen MR) is 84.0 cm³/mol. The lowest BCUT2D eigenvalue weighted by molar-refractivity contribution is -0.163. The highest BCUT2D eigenvalue weighted by atomic mass is 35.5. The van der Waals surface area contributed by atoms with Gasteiger partial charge in [-0.05, 0) is 43.5 Å². The molecule has 0 atom stereocenters. The first-order chi connectivity index (χ1) is 10.4. The second kappa shape index (κ2) is 4.38. The zero-order chi connectivity index (χ0) is 15.5. The molecule has 1 N–H and O–H groups in total. The van der Waals surface area contributed by atoms with E-state index in [0.29, 0.717) is 11.6 Å². The third kappa shape index (κ3) is 1.85. The summed E-state index contributed by atoms with van der Waals surface area (Å²) in [4.78, 5) is 27.7. The van der Waals surface area contributed by atoms with Crippen molar-refractivity contribution in [3.05, 3.63) is 29.3 Å². The summed E-state index contributed by atoms with van der Waals surface area (Å²) in [6.45, 7) is 3.00. The Morgan fingerprint density at radius 1 is 1.18 bits per heavy atom. The fourth-order valence-electron chi connectivity index (χ4n) is 4.36. The second-order valence-corrected chi connectivity index (χ2v) is 7.21. The summed E-state index contributed by atoms with van der Waals surface area (Å²) in [5.74, 6) is 0.0174. The summed E-state index contributed by atoms with van der Waals surface area (Å²) < 4.78 is 0. The van der Waals surface area contributed by atoms with E-state index in [1.54, 1.807) is 19.1 Å². The monoisotopic (exact) mass is 319 g/mol. The van der Waals surface area contributed by atoms with E-state index in [-0.39, 0.29) is 23.0 Å². The minimum absolute atomic E-state index is 0.0174.